The molecule has 146 valence electrons. The van der Waals surface area contributed by atoms with Gasteiger partial charge in [0.05, 0.1) is 24.2 Å². The fourth-order valence-electron chi connectivity index (χ4n) is 4.09. The zero-order valence-electron chi connectivity index (χ0n) is 14.5. The van der Waals surface area contributed by atoms with E-state index >= 15 is 0 Å². The van der Waals surface area contributed by atoms with Gasteiger partial charge in [0.25, 0.3) is 0 Å². The van der Waals surface area contributed by atoms with Crippen LogP contribution in [0.3, 0.4) is 0 Å². The van der Waals surface area contributed by atoms with Crippen molar-refractivity contribution in [1.29, 1.82) is 0 Å². The molecule has 3 saturated heterocycles. The molecule has 5 rings (SSSR count). The predicted octanol–water partition coefficient (Wildman–Crippen LogP) is 2.54. The molecule has 0 aliphatic carbocycles. The summed E-state index contributed by atoms with van der Waals surface area (Å²) in [5, 5.41) is 9.93. The SMILES string of the molecule is O[C@@H]1CO[C@H]2[C@@H]1OC[C@H]2Oc1cc2nc(Br)c(F)cc2n1C1CCCCO1. The van der Waals surface area contributed by atoms with Crippen molar-refractivity contribution >= 4 is 27.0 Å². The summed E-state index contributed by atoms with van der Waals surface area (Å²) in [5.41, 5.74) is 1.25. The van der Waals surface area contributed by atoms with E-state index in [1.807, 2.05) is 4.57 Å². The van der Waals surface area contributed by atoms with Gasteiger partial charge in [-0.1, -0.05) is 0 Å². The topological polar surface area (TPSA) is 75.0 Å². The molecule has 27 heavy (non-hydrogen) atoms. The molecule has 1 unspecified atom stereocenters. The molecular formula is C18H20BrFN2O5. The van der Waals surface area contributed by atoms with Crippen LogP contribution in [-0.2, 0) is 14.2 Å². The Labute approximate surface area is 163 Å². The maximum absolute atomic E-state index is 14.2. The first kappa shape index (κ1) is 17.8. The summed E-state index contributed by atoms with van der Waals surface area (Å²) in [5.74, 6) is 0.108. The molecule has 0 saturated carbocycles. The summed E-state index contributed by atoms with van der Waals surface area (Å²) in [4.78, 5) is 4.29. The average Bonchev–Trinajstić information content (AvgIpc) is 3.33. The Hall–Kier alpha value is -1.26. The first-order valence-corrected chi connectivity index (χ1v) is 9.97. The van der Waals surface area contributed by atoms with E-state index in [-0.39, 0.29) is 35.7 Å². The molecule has 5 atom stereocenters. The van der Waals surface area contributed by atoms with Gasteiger partial charge in [0.1, 0.15) is 29.1 Å². The smallest absolute Gasteiger partial charge is 0.198 e. The van der Waals surface area contributed by atoms with Crippen molar-refractivity contribution in [2.45, 2.75) is 49.9 Å². The molecule has 0 aromatic carbocycles. The van der Waals surface area contributed by atoms with E-state index in [0.717, 1.165) is 19.3 Å². The van der Waals surface area contributed by atoms with Crippen molar-refractivity contribution in [3.63, 3.8) is 0 Å². The van der Waals surface area contributed by atoms with E-state index in [4.69, 9.17) is 18.9 Å². The lowest BCUT2D eigenvalue weighted by Gasteiger charge is -2.27. The highest BCUT2D eigenvalue weighted by Gasteiger charge is 2.48. The molecule has 3 fully saturated rings. The van der Waals surface area contributed by atoms with Crippen LogP contribution in [0, 0.1) is 5.82 Å². The largest absolute Gasteiger partial charge is 0.470 e. The van der Waals surface area contributed by atoms with E-state index in [1.54, 1.807) is 6.07 Å². The second kappa shape index (κ2) is 6.97. The number of pyridine rings is 1. The Morgan fingerprint density at radius 2 is 2.04 bits per heavy atom. The van der Waals surface area contributed by atoms with Crippen molar-refractivity contribution in [1.82, 2.24) is 9.55 Å². The van der Waals surface area contributed by atoms with Gasteiger partial charge >= 0.3 is 0 Å². The van der Waals surface area contributed by atoms with Crippen molar-refractivity contribution in [2.75, 3.05) is 19.8 Å². The molecule has 3 aliphatic heterocycles. The maximum atomic E-state index is 14.2. The third-order valence-corrected chi connectivity index (χ3v) is 5.95. The van der Waals surface area contributed by atoms with Crippen LogP contribution >= 0.6 is 15.9 Å². The van der Waals surface area contributed by atoms with Crippen molar-refractivity contribution in [3.8, 4) is 5.88 Å². The highest BCUT2D eigenvalue weighted by atomic mass is 79.9. The summed E-state index contributed by atoms with van der Waals surface area (Å²) in [7, 11) is 0. The molecule has 0 radical (unpaired) electrons. The van der Waals surface area contributed by atoms with E-state index in [1.165, 1.54) is 6.07 Å². The molecule has 3 aliphatic rings. The third kappa shape index (κ3) is 3.05. The minimum absolute atomic E-state index is 0.162. The van der Waals surface area contributed by atoms with Crippen molar-refractivity contribution in [2.24, 2.45) is 0 Å². The third-order valence-electron chi connectivity index (χ3n) is 5.40. The van der Waals surface area contributed by atoms with Crippen LogP contribution in [-0.4, -0.2) is 58.9 Å². The van der Waals surface area contributed by atoms with Crippen molar-refractivity contribution < 1.29 is 28.4 Å². The van der Waals surface area contributed by atoms with Gasteiger partial charge in [0.2, 0.25) is 0 Å². The van der Waals surface area contributed by atoms with Crippen LogP contribution in [0.1, 0.15) is 25.5 Å². The molecular weight excluding hydrogens is 423 g/mol. The molecule has 0 spiro atoms. The quantitative estimate of drug-likeness (QED) is 0.736. The van der Waals surface area contributed by atoms with E-state index in [0.29, 0.717) is 30.1 Å². The fraction of sp³-hybridized carbons (Fsp3) is 0.611. The van der Waals surface area contributed by atoms with Gasteiger partial charge in [-0.25, -0.2) is 9.37 Å². The second-order valence-electron chi connectivity index (χ2n) is 7.16. The van der Waals surface area contributed by atoms with Gasteiger partial charge in [-0.2, -0.15) is 0 Å². The highest BCUT2D eigenvalue weighted by molar-refractivity contribution is 9.10. The monoisotopic (exact) mass is 442 g/mol. The zero-order valence-corrected chi connectivity index (χ0v) is 16.1. The van der Waals surface area contributed by atoms with Crippen LogP contribution in [0.25, 0.3) is 11.0 Å². The number of fused-ring (bicyclic) bond motifs is 2. The number of aliphatic hydroxyl groups excluding tert-OH is 1. The summed E-state index contributed by atoms with van der Waals surface area (Å²) in [6.45, 7) is 1.22. The number of hydrogen-bond donors (Lipinski definition) is 1. The van der Waals surface area contributed by atoms with Crippen molar-refractivity contribution in [3.05, 3.63) is 22.6 Å². The Balaban J connectivity index is 1.52. The van der Waals surface area contributed by atoms with Gasteiger partial charge in [-0.15, -0.1) is 0 Å². The molecule has 0 bridgehead atoms. The Kier molecular flexibility index (Phi) is 4.60. The van der Waals surface area contributed by atoms with Crippen LogP contribution in [0.15, 0.2) is 16.7 Å². The summed E-state index contributed by atoms with van der Waals surface area (Å²) < 4.78 is 39.6. The summed E-state index contributed by atoms with van der Waals surface area (Å²) in [6.07, 6.45) is 0.939. The number of rotatable bonds is 3. The number of aromatic nitrogens is 2. The Bertz CT molecular complexity index is 856. The first-order chi connectivity index (χ1) is 13.1. The Morgan fingerprint density at radius 3 is 2.85 bits per heavy atom. The number of nitrogens with zero attached hydrogens (tertiary/aromatic N) is 2. The second-order valence-corrected chi connectivity index (χ2v) is 7.91. The molecule has 9 heteroatoms. The van der Waals surface area contributed by atoms with E-state index < -0.39 is 11.9 Å². The van der Waals surface area contributed by atoms with E-state index in [9.17, 15) is 9.50 Å². The molecule has 1 N–H and O–H groups in total. The lowest BCUT2D eigenvalue weighted by molar-refractivity contribution is -0.0392. The highest BCUT2D eigenvalue weighted by Crippen LogP contribution is 2.37. The fourth-order valence-corrected chi connectivity index (χ4v) is 4.40. The van der Waals surface area contributed by atoms with Gasteiger partial charge < -0.3 is 24.1 Å². The standard InChI is InChI=1S/C18H20BrFN2O5/c19-18-9(20)5-11-10(21-18)6-15(22(11)14-3-1-2-4-24-14)27-13-8-26-16-12(23)7-25-17(13)16/h5-6,12-14,16-17,23H,1-4,7-8H2/t12-,13-,14?,16-,17-/m1/s1. The number of halogens is 2. The normalized spacial score (nSPS) is 33.5. The van der Waals surface area contributed by atoms with Crippen LogP contribution in [0.2, 0.25) is 0 Å². The maximum Gasteiger partial charge on any atom is 0.198 e. The average molecular weight is 443 g/mol. The predicted molar refractivity (Wildman–Crippen MR) is 96.1 cm³/mol. The molecule has 5 heterocycles. The van der Waals surface area contributed by atoms with Gasteiger partial charge in [-0.3, -0.25) is 4.57 Å². The molecule has 0 amide bonds. The lowest BCUT2D eigenvalue weighted by Crippen LogP contribution is -2.35. The molecule has 2 aromatic heterocycles. The van der Waals surface area contributed by atoms with Gasteiger partial charge in [0.15, 0.2) is 17.8 Å². The van der Waals surface area contributed by atoms with Crippen LogP contribution in [0.5, 0.6) is 5.88 Å². The molecule has 2 aromatic rings. The van der Waals surface area contributed by atoms with Gasteiger partial charge in [0, 0.05) is 18.7 Å². The van der Waals surface area contributed by atoms with Gasteiger partial charge in [-0.05, 0) is 35.2 Å². The Morgan fingerprint density at radius 1 is 1.19 bits per heavy atom. The zero-order chi connectivity index (χ0) is 18.5. The summed E-state index contributed by atoms with van der Waals surface area (Å²) in [6, 6.07) is 3.23. The lowest BCUT2D eigenvalue weighted by atomic mass is 10.1. The minimum atomic E-state index is -0.636. The number of ether oxygens (including phenoxy) is 4. The van der Waals surface area contributed by atoms with Crippen LogP contribution in [0.4, 0.5) is 4.39 Å². The van der Waals surface area contributed by atoms with E-state index in [2.05, 4.69) is 20.9 Å². The number of aliphatic hydroxyl groups is 1. The molecule has 7 nitrogen and oxygen atoms in total. The van der Waals surface area contributed by atoms with Crippen LogP contribution < -0.4 is 4.74 Å². The number of hydrogen-bond acceptors (Lipinski definition) is 6. The minimum Gasteiger partial charge on any atom is -0.470 e. The first-order valence-electron chi connectivity index (χ1n) is 9.18. The summed E-state index contributed by atoms with van der Waals surface area (Å²) >= 11 is 3.14.